The topological polar surface area (TPSA) is 95.9 Å². The van der Waals surface area contributed by atoms with Gasteiger partial charge in [-0.2, -0.15) is 28.1 Å². The number of nitrogens with zero attached hydrogens (tertiary/aromatic N) is 4. The van der Waals surface area contributed by atoms with Crippen molar-refractivity contribution in [3.05, 3.63) is 23.9 Å². The van der Waals surface area contributed by atoms with E-state index in [1.807, 2.05) is 6.92 Å². The Morgan fingerprint density at radius 3 is 2.50 bits per heavy atom. The number of aromatic hydroxyl groups is 1. The van der Waals surface area contributed by atoms with E-state index in [2.05, 4.69) is 19.9 Å². The molecule has 0 radical (unpaired) electrons. The van der Waals surface area contributed by atoms with Crippen molar-refractivity contribution in [2.24, 2.45) is 0 Å². The maximum Gasteiger partial charge on any atom is 0.474 e. The van der Waals surface area contributed by atoms with Gasteiger partial charge in [-0.3, -0.25) is 10.4 Å². The zero-order valence-corrected chi connectivity index (χ0v) is 10.1. The summed E-state index contributed by atoms with van der Waals surface area (Å²) < 4.78 is 36.0. The van der Waals surface area contributed by atoms with Crippen LogP contribution < -0.4 is 10.9 Å². The normalized spacial score (nSPS) is 11.4. The van der Waals surface area contributed by atoms with E-state index in [1.165, 1.54) is 6.20 Å². The van der Waals surface area contributed by atoms with Gasteiger partial charge in [0.05, 0.1) is 0 Å². The van der Waals surface area contributed by atoms with Gasteiger partial charge in [0.2, 0.25) is 5.95 Å². The van der Waals surface area contributed by atoms with Crippen molar-refractivity contribution in [1.82, 2.24) is 25.4 Å². The molecule has 2 aromatic rings. The molecule has 2 rings (SSSR count). The van der Waals surface area contributed by atoms with Gasteiger partial charge >= 0.3 is 12.3 Å². The molecule has 0 saturated heterocycles. The number of hydrogen-bond acceptors (Lipinski definition) is 7. The van der Waals surface area contributed by atoms with Gasteiger partial charge in [0.25, 0.3) is 0 Å². The molecular formula is C10H9F3N6O. The SMILES string of the molecule is Cc1ccc(-c2nc(O)nc(NNC(F)(F)F)n2)nc1. The van der Waals surface area contributed by atoms with Crippen LogP contribution in [0.25, 0.3) is 11.5 Å². The molecule has 0 unspecified atom stereocenters. The fourth-order valence-electron chi connectivity index (χ4n) is 1.26. The average molecular weight is 286 g/mol. The molecule has 2 aromatic heterocycles. The summed E-state index contributed by atoms with van der Waals surface area (Å²) >= 11 is 0. The molecule has 2 heterocycles. The number of alkyl halides is 3. The number of hydrogen-bond donors (Lipinski definition) is 3. The van der Waals surface area contributed by atoms with E-state index in [4.69, 9.17) is 0 Å². The lowest BCUT2D eigenvalue weighted by molar-refractivity contribution is -0.151. The number of rotatable bonds is 3. The standard InChI is InChI=1S/C10H9F3N6O/c1-5-2-3-6(14-4-5)7-15-8(17-9(20)16-7)18-19-10(11,12)13/h2-4,19H,1H3,(H2,15,16,17,18,20). The van der Waals surface area contributed by atoms with Crippen LogP contribution in [0.1, 0.15) is 5.56 Å². The van der Waals surface area contributed by atoms with Crippen LogP contribution in [0, 0.1) is 6.92 Å². The highest BCUT2D eigenvalue weighted by atomic mass is 19.4. The van der Waals surface area contributed by atoms with Crippen molar-refractivity contribution < 1.29 is 18.3 Å². The van der Waals surface area contributed by atoms with Crippen LogP contribution in [0.4, 0.5) is 19.1 Å². The zero-order valence-electron chi connectivity index (χ0n) is 10.1. The van der Waals surface area contributed by atoms with Gasteiger partial charge in [-0.15, -0.1) is 5.43 Å². The minimum absolute atomic E-state index is 0.0519. The second kappa shape index (κ2) is 5.25. The lowest BCUT2D eigenvalue weighted by Crippen LogP contribution is -2.37. The van der Waals surface area contributed by atoms with Crippen LogP contribution in [0.3, 0.4) is 0 Å². The molecule has 106 valence electrons. The molecule has 0 bridgehead atoms. The quantitative estimate of drug-likeness (QED) is 0.579. The molecule has 0 amide bonds. The molecule has 0 aromatic carbocycles. The smallest absolute Gasteiger partial charge is 0.474 e. The summed E-state index contributed by atoms with van der Waals surface area (Å²) in [5.41, 5.74) is 3.93. The van der Waals surface area contributed by atoms with Crippen molar-refractivity contribution in [2.45, 2.75) is 13.2 Å². The molecule has 0 fully saturated rings. The van der Waals surface area contributed by atoms with Crippen molar-refractivity contribution in [2.75, 3.05) is 5.43 Å². The van der Waals surface area contributed by atoms with Crippen LogP contribution in [0.5, 0.6) is 6.01 Å². The Balaban J connectivity index is 2.26. The first kappa shape index (κ1) is 13.9. The van der Waals surface area contributed by atoms with Gasteiger partial charge in [0, 0.05) is 6.20 Å². The molecule has 0 spiro atoms. The third kappa shape index (κ3) is 3.75. The number of anilines is 1. The number of aryl methyl sites for hydroxylation is 1. The molecule has 10 heteroatoms. The van der Waals surface area contributed by atoms with Gasteiger partial charge in [0.15, 0.2) is 5.82 Å². The van der Waals surface area contributed by atoms with Crippen molar-refractivity contribution in [1.29, 1.82) is 0 Å². The molecule has 3 N–H and O–H groups in total. The Morgan fingerprint density at radius 1 is 1.15 bits per heavy atom. The molecule has 0 aliphatic heterocycles. The average Bonchev–Trinajstić information content (AvgIpc) is 2.36. The van der Waals surface area contributed by atoms with Gasteiger partial charge < -0.3 is 5.11 Å². The maximum atomic E-state index is 12.0. The van der Waals surface area contributed by atoms with E-state index in [1.54, 1.807) is 17.6 Å². The monoisotopic (exact) mass is 286 g/mol. The van der Waals surface area contributed by atoms with Crippen molar-refractivity contribution >= 4 is 5.95 Å². The Labute approximate surface area is 110 Å². The summed E-state index contributed by atoms with van der Waals surface area (Å²) in [6.07, 6.45) is -3.12. The predicted molar refractivity (Wildman–Crippen MR) is 62.3 cm³/mol. The number of halogens is 3. The van der Waals surface area contributed by atoms with Crippen molar-refractivity contribution in [3.63, 3.8) is 0 Å². The summed E-state index contributed by atoms with van der Waals surface area (Å²) in [6.45, 7) is 1.82. The van der Waals surface area contributed by atoms with E-state index >= 15 is 0 Å². The summed E-state index contributed by atoms with van der Waals surface area (Å²) in [4.78, 5) is 14.6. The van der Waals surface area contributed by atoms with Gasteiger partial charge in [-0.1, -0.05) is 6.07 Å². The Morgan fingerprint density at radius 2 is 1.90 bits per heavy atom. The van der Waals surface area contributed by atoms with E-state index in [9.17, 15) is 18.3 Å². The fraction of sp³-hybridized carbons (Fsp3) is 0.200. The molecule has 0 aliphatic carbocycles. The maximum absolute atomic E-state index is 12.0. The fourth-order valence-corrected chi connectivity index (χ4v) is 1.26. The van der Waals surface area contributed by atoms with Crippen LogP contribution >= 0.6 is 0 Å². The first-order valence-corrected chi connectivity index (χ1v) is 5.31. The lowest BCUT2D eigenvalue weighted by Gasteiger charge is -2.10. The van der Waals surface area contributed by atoms with Crippen LogP contribution in [0.15, 0.2) is 18.3 Å². The molecule has 20 heavy (non-hydrogen) atoms. The lowest BCUT2D eigenvalue weighted by atomic mass is 10.3. The molecule has 0 saturated carbocycles. The van der Waals surface area contributed by atoms with E-state index in [0.29, 0.717) is 5.69 Å². The number of pyridine rings is 1. The third-order valence-corrected chi connectivity index (χ3v) is 2.08. The van der Waals surface area contributed by atoms with Gasteiger partial charge in [0.1, 0.15) is 5.69 Å². The van der Waals surface area contributed by atoms with Gasteiger partial charge in [-0.25, -0.2) is 0 Å². The first-order valence-electron chi connectivity index (χ1n) is 5.31. The minimum Gasteiger partial charge on any atom is -0.479 e. The highest BCUT2D eigenvalue weighted by Crippen LogP contribution is 2.17. The van der Waals surface area contributed by atoms with Crippen LogP contribution in [-0.2, 0) is 0 Å². The van der Waals surface area contributed by atoms with Crippen molar-refractivity contribution in [3.8, 4) is 17.5 Å². The van der Waals surface area contributed by atoms with Crippen LogP contribution in [0.2, 0.25) is 0 Å². The summed E-state index contributed by atoms with van der Waals surface area (Å²) in [5.74, 6) is -0.531. The second-order valence-electron chi connectivity index (χ2n) is 3.75. The third-order valence-electron chi connectivity index (χ3n) is 2.08. The number of aromatic nitrogens is 4. The largest absolute Gasteiger partial charge is 0.479 e. The predicted octanol–water partition coefficient (Wildman–Crippen LogP) is 1.38. The highest BCUT2D eigenvalue weighted by molar-refractivity contribution is 5.51. The Bertz CT molecular complexity index is 601. The van der Waals surface area contributed by atoms with Gasteiger partial charge in [-0.05, 0) is 18.6 Å². The Hall–Kier alpha value is -2.49. The minimum atomic E-state index is -4.66. The second-order valence-corrected chi connectivity index (χ2v) is 3.75. The molecule has 0 atom stereocenters. The van der Waals surface area contributed by atoms with E-state index in [-0.39, 0.29) is 5.82 Å². The first-order chi connectivity index (χ1) is 9.33. The zero-order chi connectivity index (χ0) is 14.8. The molecular weight excluding hydrogens is 277 g/mol. The van der Waals surface area contributed by atoms with Crippen LogP contribution in [-0.4, -0.2) is 31.3 Å². The molecule has 7 nitrogen and oxygen atoms in total. The van der Waals surface area contributed by atoms with E-state index < -0.39 is 18.3 Å². The summed E-state index contributed by atoms with van der Waals surface area (Å²) in [6, 6.07) is 2.58. The van der Waals surface area contributed by atoms with E-state index in [0.717, 1.165) is 11.0 Å². The molecule has 0 aliphatic rings. The summed E-state index contributed by atoms with van der Waals surface area (Å²) in [5, 5.41) is 9.30. The Kier molecular flexibility index (Phi) is 3.66. The number of nitrogens with one attached hydrogen (secondary N) is 2. The highest BCUT2D eigenvalue weighted by Gasteiger charge is 2.27. The number of hydrazine groups is 1. The summed E-state index contributed by atoms with van der Waals surface area (Å²) in [7, 11) is 0.